The Bertz CT molecular complexity index is 4310. The van der Waals surface area contributed by atoms with Crippen molar-refractivity contribution in [2.24, 2.45) is 25.5 Å². The zero-order valence-corrected chi connectivity index (χ0v) is 86.0. The summed E-state index contributed by atoms with van der Waals surface area (Å²) in [6.45, 7) is 72.5. The molecular formula is C110H180N10. The molecule has 0 saturated heterocycles. The van der Waals surface area contributed by atoms with Crippen LogP contribution in [0.3, 0.4) is 0 Å². The molecule has 10 rings (SSSR count). The molecule has 0 radical (unpaired) electrons. The van der Waals surface area contributed by atoms with Crippen LogP contribution >= 0.6 is 0 Å². The van der Waals surface area contributed by atoms with E-state index in [1.807, 2.05) is 234 Å². The van der Waals surface area contributed by atoms with Gasteiger partial charge in [0.15, 0.2) is 0 Å². The van der Waals surface area contributed by atoms with Crippen molar-refractivity contribution in [2.45, 2.75) is 307 Å². The molecule has 0 bridgehead atoms. The highest BCUT2D eigenvalue weighted by Crippen LogP contribution is 2.32. The highest BCUT2D eigenvalue weighted by atomic mass is 15.4. The minimum Gasteiger partial charge on any atom is -0.303 e. The summed E-state index contributed by atoms with van der Waals surface area (Å²) in [6, 6.07) is 56.2. The lowest BCUT2D eigenvalue weighted by molar-refractivity contribution is 0.437. The number of benzene rings is 10. The maximum Gasteiger partial charge on any atom is 0.0652 e. The van der Waals surface area contributed by atoms with Crippen molar-refractivity contribution in [3.05, 3.63) is 235 Å². The van der Waals surface area contributed by atoms with E-state index in [1.165, 1.54) is 137 Å². The summed E-state index contributed by atoms with van der Waals surface area (Å²) < 4.78 is 0. The maximum atomic E-state index is 4.59. The lowest BCUT2D eigenvalue weighted by Crippen LogP contribution is -2.10. The second kappa shape index (κ2) is 70.5. The fraction of sp³-hybridized carbons (Fsp3) is 0.500. The number of hydrazone groups is 5. The molecule has 120 heavy (non-hydrogen) atoms. The molecule has 0 N–H and O–H groups in total. The van der Waals surface area contributed by atoms with E-state index in [1.54, 1.807) is 0 Å². The van der Waals surface area contributed by atoms with Crippen LogP contribution in [0.1, 0.15) is 326 Å². The Labute approximate surface area is 740 Å². The molecule has 0 aliphatic heterocycles. The van der Waals surface area contributed by atoms with Gasteiger partial charge in [0.2, 0.25) is 0 Å². The van der Waals surface area contributed by atoms with Crippen LogP contribution in [0, 0.1) is 0 Å². The molecule has 0 atom stereocenters. The normalized spacial score (nSPS) is 10.5. The van der Waals surface area contributed by atoms with Crippen LogP contribution in [0.2, 0.25) is 0 Å². The second-order valence-electron chi connectivity index (χ2n) is 27.0. The Balaban J connectivity index is -0.000000435. The van der Waals surface area contributed by atoms with Gasteiger partial charge < -0.3 is 25.0 Å². The van der Waals surface area contributed by atoms with Crippen LogP contribution < -0.4 is 0 Å². The van der Waals surface area contributed by atoms with Gasteiger partial charge in [0, 0.05) is 87.2 Å². The molecule has 0 aliphatic carbocycles. The highest BCUT2D eigenvalue weighted by molar-refractivity contribution is 6.12. The summed E-state index contributed by atoms with van der Waals surface area (Å²) in [5, 5.41) is 45.6. The standard InChI is InChI=1S/5C18H24N2.10C2H6/c2*1-6-14-8-9-16-10-15(7-2)12-17(18(16)11-14)13(3)19-20(4)5;2*1-6-14-8-9-15(7-2)18-12-16(10-11-17(14)18)13(3)19-20(4)5;1-6-14-12-18(13(3)19-20(4)5)15(7-2)17-11-9-8-10-16(14)17;10*1-2/h5*8-12H,6-7H2,1-5H3;10*1-2H3/b5*19-13+;;;;;;;;;;. The highest BCUT2D eigenvalue weighted by Gasteiger charge is 2.15. The number of hydrogen-bond donors (Lipinski definition) is 0. The third-order valence-electron chi connectivity index (χ3n) is 18.4. The first-order valence-electron chi connectivity index (χ1n) is 46.7. The van der Waals surface area contributed by atoms with Gasteiger partial charge in [0.25, 0.3) is 0 Å². The van der Waals surface area contributed by atoms with Gasteiger partial charge in [-0.1, -0.05) is 329 Å². The molecule has 10 heteroatoms. The number of hydrogen-bond acceptors (Lipinski definition) is 10. The molecule has 0 aromatic heterocycles. The minimum atomic E-state index is 1.03. The van der Waals surface area contributed by atoms with Crippen LogP contribution in [0.25, 0.3) is 53.9 Å². The summed E-state index contributed by atoms with van der Waals surface area (Å²) in [5.41, 5.74) is 25.5. The Hall–Kier alpha value is -9.15. The van der Waals surface area contributed by atoms with Crippen LogP contribution in [-0.2, 0) is 64.2 Å². The van der Waals surface area contributed by atoms with Crippen molar-refractivity contribution in [2.75, 3.05) is 70.5 Å². The number of fused-ring (bicyclic) bond motifs is 5. The first-order chi connectivity index (χ1) is 57.8. The van der Waals surface area contributed by atoms with Crippen LogP contribution in [0.15, 0.2) is 177 Å². The van der Waals surface area contributed by atoms with Crippen LogP contribution in [-0.4, -0.2) is 124 Å². The molecule has 0 saturated carbocycles. The van der Waals surface area contributed by atoms with Crippen molar-refractivity contribution in [1.82, 2.24) is 25.0 Å². The molecule has 0 heterocycles. The van der Waals surface area contributed by atoms with E-state index >= 15 is 0 Å². The van der Waals surface area contributed by atoms with Crippen LogP contribution in [0.5, 0.6) is 0 Å². The second-order valence-corrected chi connectivity index (χ2v) is 27.0. The van der Waals surface area contributed by atoms with Gasteiger partial charge >= 0.3 is 0 Å². The number of rotatable bonds is 20. The molecule has 670 valence electrons. The molecule has 0 spiro atoms. The van der Waals surface area contributed by atoms with Crippen molar-refractivity contribution < 1.29 is 0 Å². The monoisotopic (exact) mass is 1640 g/mol. The molecule has 0 aliphatic rings. The van der Waals surface area contributed by atoms with Crippen LogP contribution in [0.4, 0.5) is 0 Å². The van der Waals surface area contributed by atoms with E-state index in [-0.39, 0.29) is 0 Å². The summed E-state index contributed by atoms with van der Waals surface area (Å²) in [6.07, 6.45) is 10.6. The Morgan fingerprint density at radius 3 is 0.750 bits per heavy atom. The van der Waals surface area contributed by atoms with Crippen molar-refractivity contribution in [3.63, 3.8) is 0 Å². The largest absolute Gasteiger partial charge is 0.303 e. The minimum absolute atomic E-state index is 1.03. The third kappa shape index (κ3) is 39.1. The average Bonchev–Trinajstić information content (AvgIpc) is 0.790. The molecule has 0 amide bonds. The van der Waals surface area contributed by atoms with Gasteiger partial charge in [-0.25, -0.2) is 0 Å². The Kier molecular flexibility index (Phi) is 70.2. The van der Waals surface area contributed by atoms with E-state index in [0.29, 0.717) is 0 Å². The summed E-state index contributed by atoms with van der Waals surface area (Å²) in [7, 11) is 19.6. The predicted octanol–water partition coefficient (Wildman–Crippen LogP) is 31.5. The van der Waals surface area contributed by atoms with Crippen molar-refractivity contribution in [1.29, 1.82) is 0 Å². The fourth-order valence-corrected chi connectivity index (χ4v) is 13.3. The Morgan fingerprint density at radius 1 is 0.208 bits per heavy atom. The van der Waals surface area contributed by atoms with E-state index in [4.69, 9.17) is 0 Å². The number of nitrogens with zero attached hydrogens (tertiary/aromatic N) is 10. The maximum absolute atomic E-state index is 4.59. The summed E-state index contributed by atoms with van der Waals surface area (Å²) >= 11 is 0. The van der Waals surface area contributed by atoms with Gasteiger partial charge in [-0.3, -0.25) is 0 Å². The van der Waals surface area contributed by atoms with Gasteiger partial charge in [-0.2, -0.15) is 25.5 Å². The molecular weight excluding hydrogens is 1460 g/mol. The smallest absolute Gasteiger partial charge is 0.0652 e. The third-order valence-corrected chi connectivity index (χ3v) is 18.4. The first kappa shape index (κ1) is 119. The predicted molar refractivity (Wildman–Crippen MR) is 556 cm³/mol. The zero-order valence-electron chi connectivity index (χ0n) is 86.0. The lowest BCUT2D eigenvalue weighted by Gasteiger charge is -2.16. The van der Waals surface area contributed by atoms with Gasteiger partial charge in [-0.05, 0) is 250 Å². The Morgan fingerprint density at radius 2 is 0.475 bits per heavy atom. The first-order valence-corrected chi connectivity index (χ1v) is 46.7. The molecule has 10 aromatic carbocycles. The molecule has 0 unspecified atom stereocenters. The summed E-state index contributed by atoms with van der Waals surface area (Å²) in [5.74, 6) is 0. The van der Waals surface area contributed by atoms with Gasteiger partial charge in [-0.15, -0.1) is 0 Å². The zero-order chi connectivity index (χ0) is 93.5. The van der Waals surface area contributed by atoms with E-state index < -0.39 is 0 Å². The SMILES string of the molecule is CC.CC.CC.CC.CC.CC.CC.CC.CC.CC.CCc1cc(/C(C)=N/N(C)C)c(CC)c2ccccc12.CCc1cc(/C(C)=N/N(C)C)c2cc(CC)ccc2c1.CCc1cc(/C(C)=N/N(C)C)c2cc(CC)ccc2c1.CCc1ccc(CC)c2cc(/C(C)=N/N(C)C)ccc12.CCc1ccc(CC)c2cc(/C(C)=N/N(C)C)ccc12. The lowest BCUT2D eigenvalue weighted by atomic mass is 9.90. The van der Waals surface area contributed by atoms with E-state index in [9.17, 15) is 0 Å². The average molecular weight is 1640 g/mol. The van der Waals surface area contributed by atoms with Crippen molar-refractivity contribution in [3.8, 4) is 0 Å². The fourth-order valence-electron chi connectivity index (χ4n) is 13.3. The molecule has 10 aromatic rings. The van der Waals surface area contributed by atoms with E-state index in [2.05, 4.69) is 281 Å². The van der Waals surface area contributed by atoms with Gasteiger partial charge in [0.1, 0.15) is 0 Å². The topological polar surface area (TPSA) is 78.0 Å². The molecule has 10 nitrogen and oxygen atoms in total. The van der Waals surface area contributed by atoms with Crippen molar-refractivity contribution >= 4 is 82.4 Å². The van der Waals surface area contributed by atoms with E-state index in [0.717, 1.165) is 92.8 Å². The van der Waals surface area contributed by atoms with Gasteiger partial charge in [0.05, 0.1) is 28.6 Å². The quantitative estimate of drug-likeness (QED) is 0.0561. The summed E-state index contributed by atoms with van der Waals surface area (Å²) in [4.78, 5) is 0. The number of aryl methyl sites for hydroxylation is 10. The molecule has 0 fully saturated rings.